The lowest BCUT2D eigenvalue weighted by molar-refractivity contribution is -0.153. The van der Waals surface area contributed by atoms with Crippen LogP contribution < -0.4 is 0 Å². The Morgan fingerprint density at radius 2 is 1.50 bits per heavy atom. The molecule has 0 saturated heterocycles. The fraction of sp³-hybridized carbons (Fsp3) is 0.619. The summed E-state index contributed by atoms with van der Waals surface area (Å²) < 4.78 is 5.25. The maximum Gasteiger partial charge on any atom is 0.303 e. The number of hydrogen-bond donors (Lipinski definition) is 0. The van der Waals surface area contributed by atoms with Crippen LogP contribution in [-0.2, 0) is 20.7 Å². The molecule has 24 heavy (non-hydrogen) atoms. The number of Topliss-reactive ketones (excluding diaryl/α,β-unsaturated/α-hetero) is 1. The molecule has 0 aliphatic rings. The fourth-order valence-electron chi connectivity index (χ4n) is 2.84. The van der Waals surface area contributed by atoms with Crippen LogP contribution in [0.2, 0.25) is 0 Å². The Morgan fingerprint density at radius 1 is 0.917 bits per heavy atom. The number of unbranched alkanes of at least 4 members (excludes halogenated alkanes) is 7. The van der Waals surface area contributed by atoms with Gasteiger partial charge in [0.25, 0.3) is 0 Å². The molecule has 0 aliphatic carbocycles. The molecule has 3 nitrogen and oxygen atoms in total. The van der Waals surface area contributed by atoms with E-state index >= 15 is 0 Å². The number of esters is 1. The summed E-state index contributed by atoms with van der Waals surface area (Å²) in [6.07, 6.45) is 9.95. The highest BCUT2D eigenvalue weighted by atomic mass is 16.5. The van der Waals surface area contributed by atoms with Crippen LogP contribution in [0.4, 0.5) is 0 Å². The van der Waals surface area contributed by atoms with Gasteiger partial charge in [0, 0.05) is 19.8 Å². The molecule has 1 atom stereocenters. The lowest BCUT2D eigenvalue weighted by Crippen LogP contribution is -2.28. The molecule has 0 N–H and O–H groups in total. The molecule has 3 heteroatoms. The summed E-state index contributed by atoms with van der Waals surface area (Å²) in [5, 5.41) is 0. The van der Waals surface area contributed by atoms with Gasteiger partial charge >= 0.3 is 5.97 Å². The van der Waals surface area contributed by atoms with Gasteiger partial charge in [-0.1, -0.05) is 82.2 Å². The third-order valence-electron chi connectivity index (χ3n) is 4.21. The van der Waals surface area contributed by atoms with E-state index in [1.54, 1.807) is 0 Å². The van der Waals surface area contributed by atoms with Crippen molar-refractivity contribution in [2.75, 3.05) is 0 Å². The van der Waals surface area contributed by atoms with Crippen LogP contribution in [0.25, 0.3) is 0 Å². The Morgan fingerprint density at radius 3 is 2.08 bits per heavy atom. The topological polar surface area (TPSA) is 43.4 Å². The third-order valence-corrected chi connectivity index (χ3v) is 4.21. The smallest absolute Gasteiger partial charge is 0.303 e. The highest BCUT2D eigenvalue weighted by molar-refractivity contribution is 5.85. The van der Waals surface area contributed by atoms with Gasteiger partial charge in [0.1, 0.15) is 0 Å². The summed E-state index contributed by atoms with van der Waals surface area (Å²) >= 11 is 0. The fourth-order valence-corrected chi connectivity index (χ4v) is 2.84. The molecule has 134 valence electrons. The molecule has 0 amide bonds. The van der Waals surface area contributed by atoms with Gasteiger partial charge in [-0.3, -0.25) is 9.59 Å². The van der Waals surface area contributed by atoms with Gasteiger partial charge in [0.15, 0.2) is 11.9 Å². The van der Waals surface area contributed by atoms with Crippen LogP contribution in [0.1, 0.15) is 77.2 Å². The molecule has 1 rings (SSSR count). The van der Waals surface area contributed by atoms with Crippen LogP contribution in [-0.4, -0.2) is 17.9 Å². The number of carbonyl (C=O) groups is 2. The summed E-state index contributed by atoms with van der Waals surface area (Å²) in [5.74, 6) is -0.347. The number of rotatable bonds is 13. The standard InChI is InChI=1S/C21H32O3/c1-3-4-5-6-7-8-9-13-16-20(23)21(24-18(2)22)17-19-14-11-10-12-15-19/h10-12,14-15,21H,3-9,13,16-17H2,1-2H3/t21-/m0/s1. The molecule has 0 unspecified atom stereocenters. The number of carbonyl (C=O) groups excluding carboxylic acids is 2. The van der Waals surface area contributed by atoms with Crippen LogP contribution in [0.15, 0.2) is 30.3 Å². The van der Waals surface area contributed by atoms with Crippen LogP contribution in [0.5, 0.6) is 0 Å². The molecule has 0 heterocycles. The Balaban J connectivity index is 2.30. The maximum absolute atomic E-state index is 12.4. The van der Waals surface area contributed by atoms with E-state index in [4.69, 9.17) is 4.74 Å². The zero-order valence-electron chi connectivity index (χ0n) is 15.3. The SMILES string of the molecule is CCCCCCCCCCC(=O)[C@H](Cc1ccccc1)OC(C)=O. The third kappa shape index (κ3) is 9.49. The molecular weight excluding hydrogens is 300 g/mol. The first kappa shape index (κ1) is 20.4. The summed E-state index contributed by atoms with van der Waals surface area (Å²) in [5.41, 5.74) is 1.02. The van der Waals surface area contributed by atoms with Crippen molar-refractivity contribution in [1.82, 2.24) is 0 Å². The lowest BCUT2D eigenvalue weighted by atomic mass is 10.00. The van der Waals surface area contributed by atoms with Crippen molar-refractivity contribution < 1.29 is 14.3 Å². The zero-order chi connectivity index (χ0) is 17.6. The minimum Gasteiger partial charge on any atom is -0.454 e. The minimum absolute atomic E-state index is 0.0417. The van der Waals surface area contributed by atoms with Crippen molar-refractivity contribution >= 4 is 11.8 Å². The molecule has 0 radical (unpaired) electrons. The Bertz CT molecular complexity index is 467. The van der Waals surface area contributed by atoms with Crippen molar-refractivity contribution in [2.24, 2.45) is 0 Å². The second kappa shape index (κ2) is 12.7. The van der Waals surface area contributed by atoms with Gasteiger partial charge in [-0.05, 0) is 12.0 Å². The highest BCUT2D eigenvalue weighted by Gasteiger charge is 2.21. The number of hydrogen-bond acceptors (Lipinski definition) is 3. The van der Waals surface area contributed by atoms with Crippen LogP contribution >= 0.6 is 0 Å². The molecule has 1 aromatic rings. The summed E-state index contributed by atoms with van der Waals surface area (Å²) in [4.78, 5) is 23.7. The van der Waals surface area contributed by atoms with Crippen LogP contribution in [0.3, 0.4) is 0 Å². The lowest BCUT2D eigenvalue weighted by Gasteiger charge is -2.16. The maximum atomic E-state index is 12.4. The summed E-state index contributed by atoms with van der Waals surface area (Å²) in [6, 6.07) is 9.72. The second-order valence-electron chi connectivity index (χ2n) is 6.48. The van der Waals surface area contributed by atoms with E-state index in [-0.39, 0.29) is 11.8 Å². The van der Waals surface area contributed by atoms with Crippen molar-refractivity contribution in [2.45, 2.75) is 84.2 Å². The van der Waals surface area contributed by atoms with E-state index in [1.807, 2.05) is 30.3 Å². The number of ketones is 1. The van der Waals surface area contributed by atoms with E-state index in [9.17, 15) is 9.59 Å². The first-order valence-corrected chi connectivity index (χ1v) is 9.37. The van der Waals surface area contributed by atoms with Crippen molar-refractivity contribution in [3.63, 3.8) is 0 Å². The average Bonchev–Trinajstić information content (AvgIpc) is 2.57. The molecule has 0 fully saturated rings. The first-order valence-electron chi connectivity index (χ1n) is 9.37. The van der Waals surface area contributed by atoms with Gasteiger partial charge in [-0.25, -0.2) is 0 Å². The Hall–Kier alpha value is -1.64. The highest BCUT2D eigenvalue weighted by Crippen LogP contribution is 2.13. The van der Waals surface area contributed by atoms with Crippen molar-refractivity contribution in [3.8, 4) is 0 Å². The molecule has 0 bridgehead atoms. The molecule has 0 aromatic heterocycles. The van der Waals surface area contributed by atoms with Gasteiger partial charge in [0.2, 0.25) is 0 Å². The summed E-state index contributed by atoms with van der Waals surface area (Å²) in [6.45, 7) is 3.59. The van der Waals surface area contributed by atoms with E-state index in [1.165, 1.54) is 45.4 Å². The van der Waals surface area contributed by atoms with Crippen molar-refractivity contribution in [1.29, 1.82) is 0 Å². The van der Waals surface area contributed by atoms with E-state index in [2.05, 4.69) is 6.92 Å². The van der Waals surface area contributed by atoms with Gasteiger partial charge in [-0.15, -0.1) is 0 Å². The van der Waals surface area contributed by atoms with E-state index in [0.717, 1.165) is 18.4 Å². The number of benzene rings is 1. The quantitative estimate of drug-likeness (QED) is 0.365. The predicted molar refractivity (Wildman–Crippen MR) is 97.9 cm³/mol. The molecule has 0 aliphatic heterocycles. The van der Waals surface area contributed by atoms with Gasteiger partial charge in [-0.2, -0.15) is 0 Å². The summed E-state index contributed by atoms with van der Waals surface area (Å²) in [7, 11) is 0. The monoisotopic (exact) mass is 332 g/mol. The average molecular weight is 332 g/mol. The normalized spacial score (nSPS) is 11.9. The molecular formula is C21H32O3. The number of ether oxygens (including phenoxy) is 1. The zero-order valence-corrected chi connectivity index (χ0v) is 15.3. The largest absolute Gasteiger partial charge is 0.454 e. The van der Waals surface area contributed by atoms with Crippen LogP contribution in [0, 0.1) is 0 Å². The minimum atomic E-state index is -0.644. The molecule has 0 spiro atoms. The van der Waals surface area contributed by atoms with E-state index in [0.29, 0.717) is 12.8 Å². The Kier molecular flexibility index (Phi) is 10.8. The van der Waals surface area contributed by atoms with E-state index < -0.39 is 6.10 Å². The predicted octanol–water partition coefficient (Wildman–Crippen LogP) is 5.26. The first-order chi connectivity index (χ1) is 11.6. The second-order valence-corrected chi connectivity index (χ2v) is 6.48. The van der Waals surface area contributed by atoms with Crippen molar-refractivity contribution in [3.05, 3.63) is 35.9 Å². The Labute approximate surface area is 146 Å². The van der Waals surface area contributed by atoms with Gasteiger partial charge in [0.05, 0.1) is 0 Å². The molecule has 0 saturated carbocycles. The van der Waals surface area contributed by atoms with Gasteiger partial charge < -0.3 is 4.74 Å². The molecule has 1 aromatic carbocycles.